The molecule has 6 heteroatoms. The molecule has 0 aromatic heterocycles. The van der Waals surface area contributed by atoms with Crippen molar-refractivity contribution in [3.8, 4) is 0 Å². The lowest BCUT2D eigenvalue weighted by Gasteiger charge is -2.24. The van der Waals surface area contributed by atoms with Gasteiger partial charge in [-0.25, -0.2) is 5.84 Å². The van der Waals surface area contributed by atoms with Crippen molar-refractivity contribution in [2.45, 2.75) is 40.2 Å². The van der Waals surface area contributed by atoms with Gasteiger partial charge >= 0.3 is 0 Å². The summed E-state index contributed by atoms with van der Waals surface area (Å²) in [4.78, 5) is 17.9. The molecule has 0 spiro atoms. The SMILES string of the molecule is CCCN=C(NN)NC(C)C(=O)N(CC)CC. The minimum Gasteiger partial charge on any atom is -0.344 e. The molecule has 0 rings (SSSR count). The summed E-state index contributed by atoms with van der Waals surface area (Å²) in [7, 11) is 0. The molecule has 100 valence electrons. The molecule has 1 unspecified atom stereocenters. The summed E-state index contributed by atoms with van der Waals surface area (Å²) >= 11 is 0. The quantitative estimate of drug-likeness (QED) is 0.267. The normalized spacial score (nSPS) is 13.1. The summed E-state index contributed by atoms with van der Waals surface area (Å²) < 4.78 is 0. The van der Waals surface area contributed by atoms with Crippen molar-refractivity contribution in [1.82, 2.24) is 15.6 Å². The van der Waals surface area contributed by atoms with E-state index in [9.17, 15) is 4.79 Å². The summed E-state index contributed by atoms with van der Waals surface area (Å²) in [5.74, 6) is 5.84. The fraction of sp³-hybridized carbons (Fsp3) is 0.818. The van der Waals surface area contributed by atoms with E-state index in [2.05, 4.69) is 15.7 Å². The Balaban J connectivity index is 4.39. The molecule has 0 saturated heterocycles. The van der Waals surface area contributed by atoms with Crippen LogP contribution < -0.4 is 16.6 Å². The molecule has 0 radical (unpaired) electrons. The molecule has 1 atom stereocenters. The highest BCUT2D eigenvalue weighted by molar-refractivity contribution is 5.88. The van der Waals surface area contributed by atoms with Gasteiger partial charge in [-0.05, 0) is 27.2 Å². The molecule has 0 aromatic rings. The minimum absolute atomic E-state index is 0.0504. The topological polar surface area (TPSA) is 82.7 Å². The van der Waals surface area contributed by atoms with Gasteiger partial charge < -0.3 is 10.2 Å². The van der Waals surface area contributed by atoms with Gasteiger partial charge in [0.25, 0.3) is 0 Å². The average Bonchev–Trinajstić information content (AvgIpc) is 2.35. The maximum Gasteiger partial charge on any atom is 0.244 e. The third kappa shape index (κ3) is 5.53. The monoisotopic (exact) mass is 243 g/mol. The second-order valence-electron chi connectivity index (χ2n) is 3.75. The standard InChI is InChI=1S/C11H25N5O/c1-5-8-13-11(15-12)14-9(4)10(17)16(6-2)7-3/h9H,5-8,12H2,1-4H3,(H2,13,14,15). The van der Waals surface area contributed by atoms with Gasteiger partial charge in [0.15, 0.2) is 0 Å². The number of nitrogens with one attached hydrogen (secondary N) is 2. The predicted molar refractivity (Wildman–Crippen MR) is 70.4 cm³/mol. The first-order chi connectivity index (χ1) is 8.10. The van der Waals surface area contributed by atoms with Crippen LogP contribution in [0.5, 0.6) is 0 Å². The number of carbonyl (C=O) groups excluding carboxylic acids is 1. The zero-order valence-electron chi connectivity index (χ0n) is 11.3. The van der Waals surface area contributed by atoms with E-state index in [-0.39, 0.29) is 11.9 Å². The molecule has 0 aliphatic rings. The number of nitrogens with two attached hydrogens (primary N) is 1. The van der Waals surface area contributed by atoms with E-state index >= 15 is 0 Å². The van der Waals surface area contributed by atoms with Gasteiger partial charge in [-0.15, -0.1) is 0 Å². The summed E-state index contributed by atoms with van der Waals surface area (Å²) in [6.07, 6.45) is 0.936. The van der Waals surface area contributed by atoms with Crippen molar-refractivity contribution in [3.05, 3.63) is 0 Å². The molecule has 0 aliphatic heterocycles. The molecule has 0 heterocycles. The van der Waals surface area contributed by atoms with E-state index in [1.54, 1.807) is 11.8 Å². The maximum atomic E-state index is 12.0. The van der Waals surface area contributed by atoms with Crippen LogP contribution in [-0.2, 0) is 4.79 Å². The molecule has 17 heavy (non-hydrogen) atoms. The number of amides is 1. The van der Waals surface area contributed by atoms with E-state index in [4.69, 9.17) is 5.84 Å². The largest absolute Gasteiger partial charge is 0.344 e. The first-order valence-corrected chi connectivity index (χ1v) is 6.16. The van der Waals surface area contributed by atoms with Crippen molar-refractivity contribution in [2.24, 2.45) is 10.8 Å². The first kappa shape index (κ1) is 15.7. The molecule has 0 saturated carbocycles. The minimum atomic E-state index is -0.332. The second-order valence-corrected chi connectivity index (χ2v) is 3.75. The van der Waals surface area contributed by atoms with Gasteiger partial charge in [-0.1, -0.05) is 6.92 Å². The number of carbonyl (C=O) groups is 1. The Morgan fingerprint density at radius 1 is 1.35 bits per heavy atom. The summed E-state index contributed by atoms with van der Waals surface area (Å²) in [5, 5.41) is 2.97. The lowest BCUT2D eigenvalue weighted by molar-refractivity contribution is -0.132. The van der Waals surface area contributed by atoms with E-state index in [1.807, 2.05) is 20.8 Å². The van der Waals surface area contributed by atoms with Crippen molar-refractivity contribution in [2.75, 3.05) is 19.6 Å². The van der Waals surface area contributed by atoms with Crippen molar-refractivity contribution >= 4 is 11.9 Å². The van der Waals surface area contributed by atoms with Crippen LogP contribution in [0.15, 0.2) is 4.99 Å². The molecular weight excluding hydrogens is 218 g/mol. The Morgan fingerprint density at radius 3 is 2.35 bits per heavy atom. The number of aliphatic imine (C=N–C) groups is 1. The molecule has 0 bridgehead atoms. The van der Waals surface area contributed by atoms with Gasteiger partial charge in [0.2, 0.25) is 11.9 Å². The first-order valence-electron chi connectivity index (χ1n) is 6.16. The lowest BCUT2D eigenvalue weighted by Crippen LogP contribution is -2.52. The van der Waals surface area contributed by atoms with Crippen LogP contribution in [-0.4, -0.2) is 42.4 Å². The van der Waals surface area contributed by atoms with Crippen LogP contribution in [0.3, 0.4) is 0 Å². The molecule has 0 aromatic carbocycles. The number of hydrogen-bond donors (Lipinski definition) is 3. The number of hydrazine groups is 1. The smallest absolute Gasteiger partial charge is 0.244 e. The molecule has 6 nitrogen and oxygen atoms in total. The van der Waals surface area contributed by atoms with E-state index < -0.39 is 0 Å². The number of nitrogens with zero attached hydrogens (tertiary/aromatic N) is 2. The van der Waals surface area contributed by atoms with Gasteiger partial charge in [0.1, 0.15) is 6.04 Å². The van der Waals surface area contributed by atoms with Crippen LogP contribution >= 0.6 is 0 Å². The van der Waals surface area contributed by atoms with Gasteiger partial charge in [-0.2, -0.15) is 0 Å². The molecule has 4 N–H and O–H groups in total. The zero-order chi connectivity index (χ0) is 13.3. The zero-order valence-corrected chi connectivity index (χ0v) is 11.3. The van der Waals surface area contributed by atoms with Crippen LogP contribution in [0.2, 0.25) is 0 Å². The number of hydrogen-bond acceptors (Lipinski definition) is 3. The van der Waals surface area contributed by atoms with Crippen molar-refractivity contribution < 1.29 is 4.79 Å². The lowest BCUT2D eigenvalue weighted by atomic mass is 10.3. The fourth-order valence-electron chi connectivity index (χ4n) is 1.43. The summed E-state index contributed by atoms with van der Waals surface area (Å²) in [5.41, 5.74) is 2.47. The molecule has 1 amide bonds. The third-order valence-electron chi connectivity index (χ3n) is 2.43. The third-order valence-corrected chi connectivity index (χ3v) is 2.43. The predicted octanol–water partition coefficient (Wildman–Crippen LogP) is 0.0622. The fourth-order valence-corrected chi connectivity index (χ4v) is 1.43. The van der Waals surface area contributed by atoms with Crippen molar-refractivity contribution in [3.63, 3.8) is 0 Å². The van der Waals surface area contributed by atoms with Crippen LogP contribution in [0.4, 0.5) is 0 Å². The summed E-state index contributed by atoms with van der Waals surface area (Å²) in [6.45, 7) is 9.85. The highest BCUT2D eigenvalue weighted by Crippen LogP contribution is 1.94. The Labute approximate surface area is 104 Å². The Morgan fingerprint density at radius 2 is 1.94 bits per heavy atom. The molecule has 0 aliphatic carbocycles. The number of rotatable bonds is 6. The maximum absolute atomic E-state index is 12.0. The second kappa shape index (κ2) is 8.81. The molecular formula is C11H25N5O. The van der Waals surface area contributed by atoms with Gasteiger partial charge in [-0.3, -0.25) is 15.2 Å². The number of guanidine groups is 1. The summed E-state index contributed by atoms with van der Waals surface area (Å²) in [6, 6.07) is -0.332. The molecule has 0 fully saturated rings. The van der Waals surface area contributed by atoms with Crippen LogP contribution in [0, 0.1) is 0 Å². The van der Waals surface area contributed by atoms with Gasteiger partial charge in [0.05, 0.1) is 0 Å². The van der Waals surface area contributed by atoms with Gasteiger partial charge in [0, 0.05) is 19.6 Å². The van der Waals surface area contributed by atoms with Crippen molar-refractivity contribution in [1.29, 1.82) is 0 Å². The van der Waals surface area contributed by atoms with Crippen LogP contribution in [0.1, 0.15) is 34.1 Å². The average molecular weight is 243 g/mol. The van der Waals surface area contributed by atoms with E-state index in [0.717, 1.165) is 6.42 Å². The number of likely N-dealkylation sites (N-methyl/N-ethyl adjacent to an activating group) is 1. The van der Waals surface area contributed by atoms with E-state index in [0.29, 0.717) is 25.6 Å². The Kier molecular flexibility index (Phi) is 8.13. The highest BCUT2D eigenvalue weighted by Gasteiger charge is 2.18. The Bertz CT molecular complexity index is 250. The van der Waals surface area contributed by atoms with Crippen LogP contribution in [0.25, 0.3) is 0 Å². The highest BCUT2D eigenvalue weighted by atomic mass is 16.2. The Hall–Kier alpha value is -1.30. The van der Waals surface area contributed by atoms with E-state index in [1.165, 1.54) is 0 Å².